The summed E-state index contributed by atoms with van der Waals surface area (Å²) in [6, 6.07) is 9.01. The second kappa shape index (κ2) is 7.35. The molecule has 6 nitrogen and oxygen atoms in total. The number of halogens is 1. The van der Waals surface area contributed by atoms with Crippen LogP contribution >= 0.6 is 11.8 Å². The molecule has 0 saturated carbocycles. The first-order valence-electron chi connectivity index (χ1n) is 7.23. The molecule has 1 aliphatic rings. The van der Waals surface area contributed by atoms with E-state index >= 15 is 0 Å². The number of esters is 1. The van der Waals surface area contributed by atoms with Gasteiger partial charge in [0, 0.05) is 6.08 Å². The summed E-state index contributed by atoms with van der Waals surface area (Å²) in [6.45, 7) is 0.164. The minimum atomic E-state index is -0.628. The first kappa shape index (κ1) is 17.0. The van der Waals surface area contributed by atoms with E-state index in [-0.39, 0.29) is 23.2 Å². The van der Waals surface area contributed by atoms with Gasteiger partial charge in [0.05, 0.1) is 30.5 Å². The Morgan fingerprint density at radius 1 is 1.36 bits per heavy atom. The summed E-state index contributed by atoms with van der Waals surface area (Å²) < 4.78 is 22.9. The van der Waals surface area contributed by atoms with Crippen LogP contribution in [0.5, 0.6) is 0 Å². The highest BCUT2D eigenvalue weighted by Gasteiger charge is 2.34. The number of furan rings is 1. The number of amides is 1. The maximum absolute atomic E-state index is 13.0. The molecule has 128 valence electrons. The van der Waals surface area contributed by atoms with Gasteiger partial charge >= 0.3 is 5.97 Å². The van der Waals surface area contributed by atoms with Gasteiger partial charge in [-0.1, -0.05) is 0 Å². The summed E-state index contributed by atoms with van der Waals surface area (Å²) in [5.41, 5.74) is 0.487. The lowest BCUT2D eigenvalue weighted by molar-refractivity contribution is -0.135. The fourth-order valence-electron chi connectivity index (χ4n) is 2.08. The largest absolute Gasteiger partial charge is 0.467 e. The molecule has 0 radical (unpaired) electrons. The van der Waals surface area contributed by atoms with E-state index in [1.54, 1.807) is 12.1 Å². The molecule has 2 heterocycles. The Bertz CT molecular complexity index is 844. The average Bonchev–Trinajstić information content (AvgIpc) is 3.21. The van der Waals surface area contributed by atoms with E-state index in [2.05, 4.69) is 9.73 Å². The van der Waals surface area contributed by atoms with Gasteiger partial charge in [-0.05, 0) is 48.2 Å². The smallest absolute Gasteiger partial charge is 0.331 e. The van der Waals surface area contributed by atoms with Crippen molar-refractivity contribution in [3.63, 3.8) is 0 Å². The van der Waals surface area contributed by atoms with Crippen molar-refractivity contribution in [3.05, 3.63) is 65.2 Å². The molecule has 8 heteroatoms. The molecule has 0 bridgehead atoms. The van der Waals surface area contributed by atoms with E-state index in [1.165, 1.54) is 42.5 Å². The standard InChI is InChI=1S/C17H13FN2O4S/c1-23-15(21)9-14-16(22)20(10-13-3-2-8-24-13)17(25-14)19-12-6-4-11(18)5-7-12/h2-9H,10H2,1H3/b14-9+,19-17?. The minimum absolute atomic E-state index is 0.164. The van der Waals surface area contributed by atoms with Crippen LogP contribution in [0.1, 0.15) is 5.76 Å². The Morgan fingerprint density at radius 2 is 2.12 bits per heavy atom. The van der Waals surface area contributed by atoms with Crippen molar-refractivity contribution in [1.29, 1.82) is 0 Å². The predicted octanol–water partition coefficient (Wildman–Crippen LogP) is 3.24. The third kappa shape index (κ3) is 3.97. The van der Waals surface area contributed by atoms with Crippen LogP contribution in [-0.4, -0.2) is 29.1 Å². The molecule has 25 heavy (non-hydrogen) atoms. The molecule has 1 saturated heterocycles. The molecule has 1 amide bonds. The summed E-state index contributed by atoms with van der Waals surface area (Å²) in [5.74, 6) is -0.817. The third-order valence-corrected chi connectivity index (χ3v) is 4.29. The van der Waals surface area contributed by atoms with E-state index in [0.29, 0.717) is 16.6 Å². The van der Waals surface area contributed by atoms with Gasteiger partial charge in [0.15, 0.2) is 5.17 Å². The molecule has 0 aliphatic carbocycles. The van der Waals surface area contributed by atoms with Crippen LogP contribution in [0.25, 0.3) is 0 Å². The molecule has 0 atom stereocenters. The number of hydrogen-bond donors (Lipinski definition) is 0. The Labute approximate surface area is 147 Å². The molecule has 2 aromatic rings. The van der Waals surface area contributed by atoms with Gasteiger partial charge in [-0.2, -0.15) is 0 Å². The number of carbonyl (C=O) groups is 2. The van der Waals surface area contributed by atoms with Crippen molar-refractivity contribution in [2.24, 2.45) is 4.99 Å². The summed E-state index contributed by atoms with van der Waals surface area (Å²) in [7, 11) is 1.23. The van der Waals surface area contributed by atoms with Crippen molar-refractivity contribution in [2.75, 3.05) is 7.11 Å². The zero-order chi connectivity index (χ0) is 17.8. The predicted molar refractivity (Wildman–Crippen MR) is 90.4 cm³/mol. The number of nitrogens with zero attached hydrogens (tertiary/aromatic N) is 2. The van der Waals surface area contributed by atoms with E-state index in [1.807, 2.05) is 0 Å². The molecule has 1 aliphatic heterocycles. The first-order valence-corrected chi connectivity index (χ1v) is 8.04. The average molecular weight is 360 g/mol. The van der Waals surface area contributed by atoms with Crippen molar-refractivity contribution < 1.29 is 23.1 Å². The van der Waals surface area contributed by atoms with Crippen LogP contribution in [0.3, 0.4) is 0 Å². The van der Waals surface area contributed by atoms with Crippen molar-refractivity contribution >= 4 is 34.5 Å². The number of amidine groups is 1. The number of benzene rings is 1. The Morgan fingerprint density at radius 3 is 2.76 bits per heavy atom. The normalized spacial score (nSPS) is 17.5. The van der Waals surface area contributed by atoms with Crippen LogP contribution in [0.2, 0.25) is 0 Å². The fourth-order valence-corrected chi connectivity index (χ4v) is 3.04. The molecular formula is C17H13FN2O4S. The second-order valence-corrected chi connectivity index (χ2v) is 5.98. The van der Waals surface area contributed by atoms with Crippen LogP contribution in [0, 0.1) is 5.82 Å². The van der Waals surface area contributed by atoms with E-state index < -0.39 is 5.97 Å². The van der Waals surface area contributed by atoms with E-state index in [4.69, 9.17) is 4.42 Å². The van der Waals surface area contributed by atoms with Gasteiger partial charge in [0.2, 0.25) is 0 Å². The van der Waals surface area contributed by atoms with Crippen LogP contribution in [0.4, 0.5) is 10.1 Å². The zero-order valence-electron chi connectivity index (χ0n) is 13.1. The maximum atomic E-state index is 13.0. The molecule has 0 spiro atoms. The maximum Gasteiger partial charge on any atom is 0.331 e. The number of methoxy groups -OCH3 is 1. The highest BCUT2D eigenvalue weighted by atomic mass is 32.2. The highest BCUT2D eigenvalue weighted by molar-refractivity contribution is 8.18. The SMILES string of the molecule is COC(=O)/C=C1/SC(=Nc2ccc(F)cc2)N(Cc2ccco2)C1=O. The van der Waals surface area contributed by atoms with Gasteiger partial charge in [0.25, 0.3) is 5.91 Å². The Kier molecular flexibility index (Phi) is 4.99. The topological polar surface area (TPSA) is 72.1 Å². The molecular weight excluding hydrogens is 347 g/mol. The molecule has 3 rings (SSSR count). The lowest BCUT2D eigenvalue weighted by Crippen LogP contribution is -2.28. The van der Waals surface area contributed by atoms with E-state index in [0.717, 1.165) is 17.8 Å². The monoisotopic (exact) mass is 360 g/mol. The lowest BCUT2D eigenvalue weighted by atomic mass is 10.3. The Balaban J connectivity index is 1.94. The van der Waals surface area contributed by atoms with Gasteiger partial charge in [-0.3, -0.25) is 9.69 Å². The lowest BCUT2D eigenvalue weighted by Gasteiger charge is -2.13. The highest BCUT2D eigenvalue weighted by Crippen LogP contribution is 2.34. The van der Waals surface area contributed by atoms with Gasteiger partial charge in [-0.25, -0.2) is 14.2 Å². The van der Waals surface area contributed by atoms with Gasteiger partial charge < -0.3 is 9.15 Å². The number of aliphatic imine (C=N–C) groups is 1. The quantitative estimate of drug-likeness (QED) is 0.618. The molecule has 1 fully saturated rings. The minimum Gasteiger partial charge on any atom is -0.467 e. The fraction of sp³-hybridized carbons (Fsp3) is 0.118. The van der Waals surface area contributed by atoms with Crippen molar-refractivity contribution in [2.45, 2.75) is 6.54 Å². The number of hydrogen-bond acceptors (Lipinski definition) is 6. The van der Waals surface area contributed by atoms with Crippen molar-refractivity contribution in [3.8, 4) is 0 Å². The summed E-state index contributed by atoms with van der Waals surface area (Å²) in [6.07, 6.45) is 2.63. The number of carbonyl (C=O) groups excluding carboxylic acids is 2. The van der Waals surface area contributed by atoms with Crippen LogP contribution in [0.15, 0.2) is 63.1 Å². The summed E-state index contributed by atoms with van der Waals surface area (Å²) in [4.78, 5) is 30.0. The third-order valence-electron chi connectivity index (χ3n) is 3.28. The Hall–Kier alpha value is -2.87. The summed E-state index contributed by atoms with van der Waals surface area (Å²) >= 11 is 1.04. The first-order chi connectivity index (χ1) is 12.1. The van der Waals surface area contributed by atoms with Gasteiger partial charge in [-0.15, -0.1) is 0 Å². The molecule has 1 aromatic heterocycles. The molecule has 0 unspecified atom stereocenters. The van der Waals surface area contributed by atoms with Crippen molar-refractivity contribution in [1.82, 2.24) is 4.90 Å². The molecule has 0 N–H and O–H groups in total. The van der Waals surface area contributed by atoms with Crippen LogP contribution in [-0.2, 0) is 20.9 Å². The zero-order valence-corrected chi connectivity index (χ0v) is 14.0. The van der Waals surface area contributed by atoms with Gasteiger partial charge in [0.1, 0.15) is 11.6 Å². The number of ether oxygens (including phenoxy) is 1. The van der Waals surface area contributed by atoms with E-state index in [9.17, 15) is 14.0 Å². The summed E-state index contributed by atoms with van der Waals surface area (Å²) in [5, 5.41) is 0.364. The number of rotatable bonds is 4. The number of thioether (sulfide) groups is 1. The second-order valence-electron chi connectivity index (χ2n) is 4.98. The van der Waals surface area contributed by atoms with Crippen LogP contribution < -0.4 is 0 Å². The molecule has 1 aromatic carbocycles.